The summed E-state index contributed by atoms with van der Waals surface area (Å²) in [4.78, 5) is 12.0. The van der Waals surface area contributed by atoms with Gasteiger partial charge in [0.15, 0.2) is 0 Å². The van der Waals surface area contributed by atoms with E-state index in [9.17, 15) is 4.79 Å². The fourth-order valence-electron chi connectivity index (χ4n) is 2.53. The summed E-state index contributed by atoms with van der Waals surface area (Å²) >= 11 is 0. The minimum absolute atomic E-state index is 0.00178. The van der Waals surface area contributed by atoms with Crippen LogP contribution in [0.4, 0.5) is 4.79 Å². The van der Waals surface area contributed by atoms with Crippen molar-refractivity contribution < 1.29 is 9.53 Å². The molecule has 134 valence electrons. The van der Waals surface area contributed by atoms with Crippen LogP contribution in [0.15, 0.2) is 42.5 Å². The molecule has 1 N–H and O–H groups in total. The molecule has 3 heteroatoms. The Morgan fingerprint density at radius 1 is 1.12 bits per heavy atom. The molecule has 0 radical (unpaired) electrons. The zero-order chi connectivity index (χ0) is 18.2. The summed E-state index contributed by atoms with van der Waals surface area (Å²) in [6.45, 7) is 12.1. The second kappa shape index (κ2) is 9.51. The van der Waals surface area contributed by atoms with Crippen LogP contribution in [-0.4, -0.2) is 17.7 Å². The van der Waals surface area contributed by atoms with Crippen LogP contribution in [0.25, 0.3) is 0 Å². The molecule has 0 bridgehead atoms. The average Bonchev–Trinajstić information content (AvgIpc) is 2.43. The molecule has 2 atom stereocenters. The van der Waals surface area contributed by atoms with Crippen molar-refractivity contribution in [2.24, 2.45) is 11.8 Å². The molecule has 0 aromatic heterocycles. The zero-order valence-electron chi connectivity index (χ0n) is 16.0. The van der Waals surface area contributed by atoms with Gasteiger partial charge in [0, 0.05) is 0 Å². The highest BCUT2D eigenvalue weighted by Gasteiger charge is 2.19. The Morgan fingerprint density at radius 3 is 2.29 bits per heavy atom. The number of hydrogen-bond donors (Lipinski definition) is 1. The van der Waals surface area contributed by atoms with Gasteiger partial charge in [-0.15, -0.1) is 0 Å². The molecule has 0 fully saturated rings. The van der Waals surface area contributed by atoms with E-state index in [0.29, 0.717) is 11.8 Å². The topological polar surface area (TPSA) is 38.3 Å². The highest BCUT2D eigenvalue weighted by Crippen LogP contribution is 2.13. The number of hydrogen-bond acceptors (Lipinski definition) is 2. The molecule has 0 unspecified atom stereocenters. The molecule has 0 heterocycles. The third kappa shape index (κ3) is 9.39. The van der Waals surface area contributed by atoms with Gasteiger partial charge in [-0.05, 0) is 51.0 Å². The lowest BCUT2D eigenvalue weighted by Crippen LogP contribution is -2.38. The van der Waals surface area contributed by atoms with E-state index in [1.165, 1.54) is 5.56 Å². The molecule has 1 aromatic carbocycles. The van der Waals surface area contributed by atoms with Crippen LogP contribution in [0.5, 0.6) is 0 Å². The van der Waals surface area contributed by atoms with Gasteiger partial charge in [0.25, 0.3) is 0 Å². The minimum atomic E-state index is -0.475. The number of benzene rings is 1. The Morgan fingerprint density at radius 2 is 1.75 bits per heavy atom. The molecule has 0 spiro atoms. The van der Waals surface area contributed by atoms with Gasteiger partial charge in [-0.3, -0.25) is 0 Å². The van der Waals surface area contributed by atoms with Crippen molar-refractivity contribution in [3.8, 4) is 0 Å². The van der Waals surface area contributed by atoms with E-state index in [2.05, 4.69) is 62.5 Å². The third-order valence-electron chi connectivity index (χ3n) is 3.50. The van der Waals surface area contributed by atoms with Gasteiger partial charge in [-0.2, -0.15) is 0 Å². The lowest BCUT2D eigenvalue weighted by atomic mass is 9.98. The fraction of sp³-hybridized carbons (Fsp3) is 0.571. The lowest BCUT2D eigenvalue weighted by Gasteiger charge is -2.23. The maximum atomic E-state index is 12.0. The van der Waals surface area contributed by atoms with Crippen molar-refractivity contribution in [3.63, 3.8) is 0 Å². The molecule has 0 aliphatic carbocycles. The van der Waals surface area contributed by atoms with Gasteiger partial charge < -0.3 is 10.1 Å². The van der Waals surface area contributed by atoms with Crippen molar-refractivity contribution in [3.05, 3.63) is 48.0 Å². The first-order valence-corrected chi connectivity index (χ1v) is 8.87. The Hall–Kier alpha value is -1.77. The summed E-state index contributed by atoms with van der Waals surface area (Å²) in [5.74, 6) is 0.918. The van der Waals surface area contributed by atoms with Gasteiger partial charge in [-0.1, -0.05) is 63.3 Å². The second-order valence-electron chi connectivity index (χ2n) is 7.93. The van der Waals surface area contributed by atoms with E-state index in [1.54, 1.807) is 0 Å². The number of rotatable bonds is 7. The largest absolute Gasteiger partial charge is 0.444 e. The number of allylic oxidation sites excluding steroid dienone is 1. The molecule has 0 saturated heterocycles. The maximum absolute atomic E-state index is 12.0. The highest BCUT2D eigenvalue weighted by atomic mass is 16.6. The van der Waals surface area contributed by atoms with Crippen LogP contribution in [0.1, 0.15) is 53.5 Å². The van der Waals surface area contributed by atoms with E-state index in [0.717, 1.165) is 12.8 Å². The smallest absolute Gasteiger partial charge is 0.408 e. The lowest BCUT2D eigenvalue weighted by molar-refractivity contribution is 0.0510. The maximum Gasteiger partial charge on any atom is 0.408 e. The van der Waals surface area contributed by atoms with Crippen LogP contribution in [-0.2, 0) is 11.2 Å². The zero-order valence-corrected chi connectivity index (χ0v) is 16.0. The molecule has 24 heavy (non-hydrogen) atoms. The van der Waals surface area contributed by atoms with Gasteiger partial charge in [-0.25, -0.2) is 4.79 Å². The third-order valence-corrected chi connectivity index (χ3v) is 3.50. The SMILES string of the molecule is CC(C)C[C@@H](/C=C/[C@@H](C)Cc1ccccc1)NC(=O)OC(C)(C)C. The molecule has 1 rings (SSSR count). The van der Waals surface area contributed by atoms with Crippen LogP contribution in [0.2, 0.25) is 0 Å². The highest BCUT2D eigenvalue weighted by molar-refractivity contribution is 5.68. The first-order chi connectivity index (χ1) is 11.2. The van der Waals surface area contributed by atoms with Gasteiger partial charge in [0.1, 0.15) is 5.60 Å². The summed E-state index contributed by atoms with van der Waals surface area (Å²) < 4.78 is 5.37. The van der Waals surface area contributed by atoms with Crippen LogP contribution in [0.3, 0.4) is 0 Å². The van der Waals surface area contributed by atoms with Crippen molar-refractivity contribution in [1.29, 1.82) is 0 Å². The van der Waals surface area contributed by atoms with Crippen LogP contribution in [0, 0.1) is 11.8 Å². The molecule has 1 amide bonds. The summed E-state index contributed by atoms with van der Waals surface area (Å²) in [7, 11) is 0. The predicted molar refractivity (Wildman–Crippen MR) is 101 cm³/mol. The Labute approximate surface area is 147 Å². The monoisotopic (exact) mass is 331 g/mol. The summed E-state index contributed by atoms with van der Waals surface area (Å²) in [6, 6.07) is 10.5. The molecule has 0 saturated carbocycles. The quantitative estimate of drug-likeness (QED) is 0.683. The van der Waals surface area contributed by atoms with Crippen molar-refractivity contribution in [2.75, 3.05) is 0 Å². The Balaban J connectivity index is 2.62. The average molecular weight is 332 g/mol. The number of ether oxygens (including phenoxy) is 1. The standard InChI is InChI=1S/C21H33NO2/c1-16(2)14-19(22-20(23)24-21(4,5)6)13-12-17(3)15-18-10-8-7-9-11-18/h7-13,16-17,19H,14-15H2,1-6H3,(H,22,23)/b13-12+/t17-,19-/m1/s1. The van der Waals surface area contributed by atoms with Gasteiger partial charge in [0.2, 0.25) is 0 Å². The Bertz CT molecular complexity index is 514. The first kappa shape index (κ1) is 20.3. The van der Waals surface area contributed by atoms with Crippen LogP contribution < -0.4 is 5.32 Å². The first-order valence-electron chi connectivity index (χ1n) is 8.87. The molecule has 1 aromatic rings. The van der Waals surface area contributed by atoms with E-state index in [4.69, 9.17) is 4.74 Å². The number of nitrogens with one attached hydrogen (secondary N) is 1. The number of carbonyl (C=O) groups excluding carboxylic acids is 1. The van der Waals surface area contributed by atoms with Crippen molar-refractivity contribution >= 4 is 6.09 Å². The summed E-state index contributed by atoms with van der Waals surface area (Å²) in [5.41, 5.74) is 0.853. The summed E-state index contributed by atoms with van der Waals surface area (Å²) in [5, 5.41) is 2.98. The van der Waals surface area contributed by atoms with Gasteiger partial charge in [0.05, 0.1) is 6.04 Å². The van der Waals surface area contributed by atoms with E-state index >= 15 is 0 Å². The minimum Gasteiger partial charge on any atom is -0.444 e. The molecular weight excluding hydrogens is 298 g/mol. The normalized spacial score (nSPS) is 14.6. The molecule has 0 aliphatic rings. The fourth-order valence-corrected chi connectivity index (χ4v) is 2.53. The van der Waals surface area contributed by atoms with E-state index in [1.807, 2.05) is 26.8 Å². The number of alkyl carbamates (subject to hydrolysis) is 1. The second-order valence-corrected chi connectivity index (χ2v) is 7.93. The molecule has 3 nitrogen and oxygen atoms in total. The molecular formula is C21H33NO2. The number of amides is 1. The Kier molecular flexibility index (Phi) is 8.03. The van der Waals surface area contributed by atoms with Gasteiger partial charge >= 0.3 is 6.09 Å². The van der Waals surface area contributed by atoms with Crippen LogP contribution >= 0.6 is 0 Å². The van der Waals surface area contributed by atoms with E-state index in [-0.39, 0.29) is 12.1 Å². The van der Waals surface area contributed by atoms with Crippen molar-refractivity contribution in [2.45, 2.75) is 66.0 Å². The van der Waals surface area contributed by atoms with E-state index < -0.39 is 5.60 Å². The predicted octanol–water partition coefficient (Wildman–Crippen LogP) is 5.36. The number of carbonyl (C=O) groups is 1. The molecule has 0 aliphatic heterocycles. The summed E-state index contributed by atoms with van der Waals surface area (Å²) in [6.07, 6.45) is 5.84. The van der Waals surface area contributed by atoms with Crippen molar-refractivity contribution in [1.82, 2.24) is 5.32 Å².